The lowest BCUT2D eigenvalue weighted by atomic mass is 9.95. The molecule has 1 aliphatic heterocycles. The summed E-state index contributed by atoms with van der Waals surface area (Å²) in [6.45, 7) is 4.30. The Kier molecular flexibility index (Phi) is 7.80. The Bertz CT molecular complexity index is 1910. The molecule has 1 atom stereocenters. The minimum absolute atomic E-state index is 0.0488. The van der Waals surface area contributed by atoms with Gasteiger partial charge in [-0.05, 0) is 78.6 Å². The van der Waals surface area contributed by atoms with Crippen molar-refractivity contribution in [2.24, 2.45) is 0 Å². The molecule has 0 aliphatic carbocycles. The highest BCUT2D eigenvalue weighted by Gasteiger charge is 2.48. The number of ketones is 1. The number of carbonyl (C=O) groups excluding carboxylic acids is 2. The molecule has 9 heteroatoms. The number of aromatic nitrogens is 1. The number of aryl methyl sites for hydroxylation is 2. The molecule has 222 valence electrons. The predicted octanol–water partition coefficient (Wildman–Crippen LogP) is 7.14. The van der Waals surface area contributed by atoms with Crippen LogP contribution in [0.3, 0.4) is 0 Å². The first-order valence-corrected chi connectivity index (χ1v) is 14.8. The number of benzene rings is 4. The molecule has 0 bridgehead atoms. The Hall–Kier alpha value is -5.15. The van der Waals surface area contributed by atoms with Gasteiger partial charge in [-0.1, -0.05) is 53.8 Å². The van der Waals surface area contributed by atoms with Gasteiger partial charge in [-0.2, -0.15) is 0 Å². The van der Waals surface area contributed by atoms with Crippen LogP contribution < -0.4 is 19.1 Å². The lowest BCUT2D eigenvalue weighted by molar-refractivity contribution is -0.132. The molecule has 0 spiro atoms. The van der Waals surface area contributed by atoms with Gasteiger partial charge in [0.2, 0.25) is 0 Å². The predicted molar refractivity (Wildman–Crippen MR) is 171 cm³/mol. The van der Waals surface area contributed by atoms with Crippen LogP contribution in [0.1, 0.15) is 33.9 Å². The van der Waals surface area contributed by atoms with Gasteiger partial charge >= 0.3 is 5.91 Å². The summed E-state index contributed by atoms with van der Waals surface area (Å²) < 4.78 is 17.9. The highest BCUT2D eigenvalue weighted by molar-refractivity contribution is 7.22. The average molecular weight is 607 g/mol. The van der Waals surface area contributed by atoms with Crippen molar-refractivity contribution in [3.8, 4) is 17.2 Å². The zero-order valence-corrected chi connectivity index (χ0v) is 25.5. The van der Waals surface area contributed by atoms with E-state index in [2.05, 4.69) is 0 Å². The highest BCUT2D eigenvalue weighted by Crippen LogP contribution is 2.46. The zero-order chi connectivity index (χ0) is 31.0. The number of nitrogens with zero attached hydrogens (tertiary/aromatic N) is 2. The van der Waals surface area contributed by atoms with Crippen molar-refractivity contribution in [3.63, 3.8) is 0 Å². The first-order chi connectivity index (χ1) is 21.3. The summed E-state index contributed by atoms with van der Waals surface area (Å²) in [5.74, 6) is -0.368. The van der Waals surface area contributed by atoms with E-state index >= 15 is 0 Å². The Morgan fingerprint density at radius 1 is 0.909 bits per heavy atom. The fraction of sp³-hybridized carbons (Fsp3) is 0.171. The van der Waals surface area contributed by atoms with Gasteiger partial charge in [0.05, 0.1) is 36.1 Å². The third-order valence-corrected chi connectivity index (χ3v) is 8.57. The van der Waals surface area contributed by atoms with E-state index in [-0.39, 0.29) is 11.3 Å². The van der Waals surface area contributed by atoms with Crippen LogP contribution >= 0.6 is 11.3 Å². The summed E-state index contributed by atoms with van der Waals surface area (Å²) in [7, 11) is 3.07. The first-order valence-electron chi connectivity index (χ1n) is 14.0. The largest absolute Gasteiger partial charge is 0.507 e. The molecule has 5 aromatic rings. The standard InChI is InChI=1S/C35H30N2O6S/c1-20-16-21(2)30-28(17-20)44-35(36-30)37-31(29(33(39)34(37)40)32(38)23-10-13-25(41-3)14-11-23)24-12-15-26(27(18-24)42-4)43-19-22-8-6-5-7-9-22/h5-18,31,38H,19H2,1-4H3/b32-29+. The Morgan fingerprint density at radius 2 is 1.66 bits per heavy atom. The van der Waals surface area contributed by atoms with Crippen molar-refractivity contribution in [2.75, 3.05) is 19.1 Å². The van der Waals surface area contributed by atoms with Crippen molar-refractivity contribution < 1.29 is 28.9 Å². The molecule has 44 heavy (non-hydrogen) atoms. The van der Waals surface area contributed by atoms with Crippen molar-refractivity contribution >= 4 is 44.1 Å². The van der Waals surface area contributed by atoms with Crippen LogP contribution in [0.4, 0.5) is 5.13 Å². The van der Waals surface area contributed by atoms with E-state index in [0.717, 1.165) is 26.9 Å². The maximum Gasteiger partial charge on any atom is 0.301 e. The van der Waals surface area contributed by atoms with Crippen molar-refractivity contribution in [1.82, 2.24) is 4.98 Å². The van der Waals surface area contributed by atoms with E-state index in [1.165, 1.54) is 23.3 Å². The smallest absolute Gasteiger partial charge is 0.301 e. The number of rotatable bonds is 8. The third-order valence-electron chi connectivity index (χ3n) is 7.57. The molecule has 1 amide bonds. The topological polar surface area (TPSA) is 98.2 Å². The minimum atomic E-state index is -0.976. The number of aliphatic hydroxyl groups is 1. The molecule has 1 unspecified atom stereocenters. The average Bonchev–Trinajstić information content (AvgIpc) is 3.58. The van der Waals surface area contributed by atoms with E-state index in [0.29, 0.717) is 40.1 Å². The zero-order valence-electron chi connectivity index (χ0n) is 24.7. The van der Waals surface area contributed by atoms with Crippen molar-refractivity contribution in [1.29, 1.82) is 0 Å². The van der Waals surface area contributed by atoms with E-state index in [1.54, 1.807) is 49.6 Å². The van der Waals surface area contributed by atoms with Crippen molar-refractivity contribution in [3.05, 3.63) is 118 Å². The number of thiazole rings is 1. The maximum absolute atomic E-state index is 13.8. The molecule has 0 radical (unpaired) electrons. The fourth-order valence-corrected chi connectivity index (χ4v) is 6.59. The molecule has 1 aromatic heterocycles. The van der Waals surface area contributed by atoms with E-state index in [4.69, 9.17) is 19.2 Å². The Balaban J connectivity index is 1.49. The van der Waals surface area contributed by atoms with Gasteiger partial charge in [-0.3, -0.25) is 14.5 Å². The number of methoxy groups -OCH3 is 2. The summed E-state index contributed by atoms with van der Waals surface area (Å²) in [5, 5.41) is 11.9. The second kappa shape index (κ2) is 11.9. The number of aliphatic hydroxyl groups excluding tert-OH is 1. The van der Waals surface area contributed by atoms with Crippen LogP contribution in [-0.2, 0) is 16.2 Å². The second-order valence-corrected chi connectivity index (χ2v) is 11.5. The highest BCUT2D eigenvalue weighted by atomic mass is 32.1. The molecule has 0 saturated carbocycles. The Labute approximate surface area is 258 Å². The summed E-state index contributed by atoms with van der Waals surface area (Å²) in [6, 6.07) is 24.7. The lowest BCUT2D eigenvalue weighted by Gasteiger charge is -2.24. The number of amides is 1. The number of Topliss-reactive ketones (excluding diaryl/α,β-unsaturated/α-hetero) is 1. The second-order valence-electron chi connectivity index (χ2n) is 10.5. The van der Waals surface area contributed by atoms with Crippen LogP contribution in [0.15, 0.2) is 90.5 Å². The summed E-state index contributed by atoms with van der Waals surface area (Å²) in [4.78, 5) is 33.7. The van der Waals surface area contributed by atoms with Gasteiger partial charge in [-0.25, -0.2) is 4.98 Å². The molecular formula is C35H30N2O6S. The molecule has 1 N–H and O–H groups in total. The van der Waals surface area contributed by atoms with E-state index < -0.39 is 17.7 Å². The number of hydrogen-bond donors (Lipinski definition) is 1. The monoisotopic (exact) mass is 606 g/mol. The summed E-state index contributed by atoms with van der Waals surface area (Å²) in [5.41, 5.74) is 4.66. The molecular weight excluding hydrogens is 576 g/mol. The van der Waals surface area contributed by atoms with Gasteiger partial charge in [0, 0.05) is 5.56 Å². The van der Waals surface area contributed by atoms with Crippen LogP contribution in [0, 0.1) is 13.8 Å². The van der Waals surface area contributed by atoms with Crippen molar-refractivity contribution in [2.45, 2.75) is 26.5 Å². The number of ether oxygens (including phenoxy) is 3. The lowest BCUT2D eigenvalue weighted by Crippen LogP contribution is -2.29. The van der Waals surface area contributed by atoms with Crippen LogP contribution in [0.2, 0.25) is 0 Å². The molecule has 2 heterocycles. The molecule has 6 rings (SSSR count). The Morgan fingerprint density at radius 3 is 2.36 bits per heavy atom. The van der Waals surface area contributed by atoms with Gasteiger partial charge in [0.15, 0.2) is 16.6 Å². The summed E-state index contributed by atoms with van der Waals surface area (Å²) in [6.07, 6.45) is 0. The first kappa shape index (κ1) is 28.9. The number of hydrogen-bond acceptors (Lipinski definition) is 8. The van der Waals surface area contributed by atoms with Crippen LogP contribution in [0.25, 0.3) is 16.0 Å². The minimum Gasteiger partial charge on any atom is -0.507 e. The fourth-order valence-electron chi connectivity index (χ4n) is 5.42. The van der Waals surface area contributed by atoms with Crippen LogP contribution in [-0.4, -0.2) is 36.0 Å². The van der Waals surface area contributed by atoms with E-state index in [1.807, 2.05) is 56.3 Å². The van der Waals surface area contributed by atoms with Gasteiger partial charge in [0.25, 0.3) is 5.78 Å². The van der Waals surface area contributed by atoms with E-state index in [9.17, 15) is 14.7 Å². The van der Waals surface area contributed by atoms with Gasteiger partial charge in [0.1, 0.15) is 18.1 Å². The molecule has 4 aromatic carbocycles. The summed E-state index contributed by atoms with van der Waals surface area (Å²) >= 11 is 1.33. The normalized spacial score (nSPS) is 16.0. The third kappa shape index (κ3) is 5.26. The van der Waals surface area contributed by atoms with Gasteiger partial charge < -0.3 is 19.3 Å². The number of fused-ring (bicyclic) bond motifs is 1. The van der Waals surface area contributed by atoms with Gasteiger partial charge in [-0.15, -0.1) is 0 Å². The molecule has 1 saturated heterocycles. The maximum atomic E-state index is 13.8. The molecule has 8 nitrogen and oxygen atoms in total. The number of anilines is 1. The quantitative estimate of drug-likeness (QED) is 0.114. The van der Waals surface area contributed by atoms with Crippen LogP contribution in [0.5, 0.6) is 17.2 Å². The number of carbonyl (C=O) groups is 2. The molecule has 1 aliphatic rings. The SMILES string of the molecule is COc1ccc(/C(O)=C2\C(=O)C(=O)N(c3nc4c(C)cc(C)cc4s3)C2c2ccc(OCc3ccccc3)c(OC)c2)cc1. The molecule has 1 fully saturated rings.